The van der Waals surface area contributed by atoms with Crippen LogP contribution in [-0.2, 0) is 15.4 Å². The Morgan fingerprint density at radius 2 is 1.69 bits per heavy atom. The Balaban J connectivity index is 2.13. The summed E-state index contributed by atoms with van der Waals surface area (Å²) in [5.41, 5.74) is 1.84. The molecular formula is C18H16Br3F3O4S. The van der Waals surface area contributed by atoms with Crippen LogP contribution >= 0.6 is 47.8 Å². The maximum absolute atomic E-state index is 12.2. The van der Waals surface area contributed by atoms with E-state index in [-0.39, 0.29) is 9.49 Å². The Morgan fingerprint density at radius 1 is 1.03 bits per heavy atom. The molecule has 160 valence electrons. The van der Waals surface area contributed by atoms with Gasteiger partial charge in [-0.2, -0.15) is 21.6 Å². The van der Waals surface area contributed by atoms with Crippen molar-refractivity contribution in [3.05, 3.63) is 53.6 Å². The van der Waals surface area contributed by atoms with E-state index in [9.17, 15) is 21.6 Å². The molecule has 2 aromatic carbocycles. The van der Waals surface area contributed by atoms with Crippen molar-refractivity contribution in [2.75, 3.05) is 5.75 Å². The van der Waals surface area contributed by atoms with Crippen molar-refractivity contribution in [2.24, 2.45) is 0 Å². The van der Waals surface area contributed by atoms with Crippen molar-refractivity contribution in [1.82, 2.24) is 0 Å². The number of ether oxygens (including phenoxy) is 1. The van der Waals surface area contributed by atoms with E-state index < -0.39 is 34.9 Å². The third-order valence-electron chi connectivity index (χ3n) is 3.65. The molecule has 2 aromatic rings. The molecule has 0 fully saturated rings. The minimum absolute atomic E-state index is 0.0371. The van der Waals surface area contributed by atoms with Gasteiger partial charge in [-0.05, 0) is 30.2 Å². The van der Waals surface area contributed by atoms with E-state index in [0.717, 1.165) is 11.1 Å². The van der Waals surface area contributed by atoms with E-state index in [4.69, 9.17) is 8.92 Å². The topological polar surface area (TPSA) is 52.6 Å². The molecule has 4 nitrogen and oxygen atoms in total. The van der Waals surface area contributed by atoms with Crippen LogP contribution in [0.15, 0.2) is 42.5 Å². The molecule has 0 unspecified atom stereocenters. The molecule has 29 heavy (non-hydrogen) atoms. The summed E-state index contributed by atoms with van der Waals surface area (Å²) in [5, 5.41) is 0.524. The van der Waals surface area contributed by atoms with E-state index >= 15 is 0 Å². The number of benzene rings is 2. The van der Waals surface area contributed by atoms with Gasteiger partial charge in [0.05, 0.1) is 9.49 Å². The highest BCUT2D eigenvalue weighted by atomic mass is 79.9. The molecule has 0 saturated heterocycles. The Labute approximate surface area is 192 Å². The first-order valence-corrected chi connectivity index (χ1v) is 12.8. The van der Waals surface area contributed by atoms with Gasteiger partial charge in [0.25, 0.3) is 0 Å². The van der Waals surface area contributed by atoms with Gasteiger partial charge in [-0.15, -0.1) is 0 Å². The van der Waals surface area contributed by atoms with Crippen molar-refractivity contribution in [2.45, 2.75) is 28.1 Å². The molecule has 11 heteroatoms. The van der Waals surface area contributed by atoms with Crippen LogP contribution in [0.5, 0.6) is 17.2 Å². The predicted molar refractivity (Wildman–Crippen MR) is 116 cm³/mol. The fourth-order valence-electron chi connectivity index (χ4n) is 2.38. The zero-order valence-electron chi connectivity index (χ0n) is 14.8. The first-order chi connectivity index (χ1) is 13.5. The summed E-state index contributed by atoms with van der Waals surface area (Å²) in [6, 6.07) is 11.4. The molecule has 0 amide bonds. The van der Waals surface area contributed by atoms with Crippen molar-refractivity contribution in [3.8, 4) is 17.2 Å². The van der Waals surface area contributed by atoms with E-state index in [1.54, 1.807) is 12.1 Å². The standard InChI is InChI=1S/C18H16Br3F3O4S/c19-11-15-14(17(20)21)6-2-7-16(15)27-12-4-1-5-13(10-12)28-29(25,26)9-3-8-18(22,23)24/h1-2,4-7,10,17H,3,8-9,11H2. The summed E-state index contributed by atoms with van der Waals surface area (Å²) >= 11 is 10.3. The summed E-state index contributed by atoms with van der Waals surface area (Å²) < 4.78 is 71.2. The van der Waals surface area contributed by atoms with Gasteiger partial charge in [0, 0.05) is 23.4 Å². The predicted octanol–water partition coefficient (Wildman–Crippen LogP) is 7.21. The SMILES string of the molecule is O=S(=O)(CCCC(F)(F)F)Oc1cccc(Oc2cccc(C(Br)Br)c2CBr)c1. The molecule has 0 aliphatic heterocycles. The van der Waals surface area contributed by atoms with Gasteiger partial charge in [-0.1, -0.05) is 66.0 Å². The Kier molecular flexibility index (Phi) is 8.87. The normalized spacial score (nSPS) is 12.2. The molecule has 0 aliphatic carbocycles. The summed E-state index contributed by atoms with van der Waals surface area (Å²) in [5.74, 6) is 0.122. The Hall–Kier alpha value is -0.780. The summed E-state index contributed by atoms with van der Waals surface area (Å²) in [6.45, 7) is 0. The van der Waals surface area contributed by atoms with Crippen LogP contribution in [0.4, 0.5) is 13.2 Å². The van der Waals surface area contributed by atoms with Crippen LogP contribution in [0.25, 0.3) is 0 Å². The van der Waals surface area contributed by atoms with Gasteiger partial charge in [-0.25, -0.2) is 0 Å². The second kappa shape index (κ2) is 10.5. The molecule has 2 rings (SSSR count). The highest BCUT2D eigenvalue weighted by Gasteiger charge is 2.28. The van der Waals surface area contributed by atoms with Crippen LogP contribution in [0, 0.1) is 0 Å². The first kappa shape index (κ1) is 24.5. The third kappa shape index (κ3) is 8.10. The second-order valence-electron chi connectivity index (χ2n) is 5.90. The van der Waals surface area contributed by atoms with Gasteiger partial charge >= 0.3 is 16.3 Å². The molecule has 0 radical (unpaired) electrons. The van der Waals surface area contributed by atoms with Crippen LogP contribution in [0.1, 0.15) is 27.7 Å². The Morgan fingerprint density at radius 3 is 2.31 bits per heavy atom. The lowest BCUT2D eigenvalue weighted by molar-refractivity contribution is -0.134. The highest BCUT2D eigenvalue weighted by molar-refractivity contribution is 9.24. The van der Waals surface area contributed by atoms with Gasteiger partial charge in [0.15, 0.2) is 0 Å². The molecule has 0 saturated carbocycles. The number of halogens is 6. The second-order valence-corrected chi connectivity index (χ2v) is 11.2. The van der Waals surface area contributed by atoms with Gasteiger partial charge < -0.3 is 8.92 Å². The van der Waals surface area contributed by atoms with Gasteiger partial charge in [0.1, 0.15) is 17.2 Å². The van der Waals surface area contributed by atoms with E-state index in [1.165, 1.54) is 18.2 Å². The monoisotopic (exact) mass is 622 g/mol. The molecule has 0 aromatic heterocycles. The molecular weight excluding hydrogens is 609 g/mol. The van der Waals surface area contributed by atoms with Crippen molar-refractivity contribution >= 4 is 57.9 Å². The Bertz CT molecular complexity index is 934. The maximum Gasteiger partial charge on any atom is 0.389 e. The minimum atomic E-state index is -4.41. The zero-order valence-corrected chi connectivity index (χ0v) is 20.3. The van der Waals surface area contributed by atoms with E-state index in [0.29, 0.717) is 16.8 Å². The quantitative estimate of drug-likeness (QED) is 0.219. The summed E-state index contributed by atoms with van der Waals surface area (Å²) in [7, 11) is -4.15. The van der Waals surface area contributed by atoms with Gasteiger partial charge in [0.2, 0.25) is 0 Å². The number of hydrogen-bond acceptors (Lipinski definition) is 4. The fourth-order valence-corrected chi connectivity index (χ4v) is 4.82. The molecule has 0 aliphatic rings. The maximum atomic E-state index is 12.2. The first-order valence-electron chi connectivity index (χ1n) is 8.23. The average molecular weight is 625 g/mol. The molecule has 0 bridgehead atoms. The zero-order chi connectivity index (χ0) is 21.7. The average Bonchev–Trinajstić information content (AvgIpc) is 2.60. The number of rotatable bonds is 9. The van der Waals surface area contributed by atoms with Crippen LogP contribution in [0.3, 0.4) is 0 Å². The van der Waals surface area contributed by atoms with Crippen LogP contribution in [-0.4, -0.2) is 20.3 Å². The number of hydrogen-bond donors (Lipinski definition) is 0. The smallest absolute Gasteiger partial charge is 0.389 e. The highest BCUT2D eigenvalue weighted by Crippen LogP contribution is 2.38. The van der Waals surface area contributed by atoms with Crippen LogP contribution in [0.2, 0.25) is 0 Å². The van der Waals surface area contributed by atoms with Crippen LogP contribution < -0.4 is 8.92 Å². The lowest BCUT2D eigenvalue weighted by Gasteiger charge is -2.15. The summed E-state index contributed by atoms with van der Waals surface area (Å²) in [6.07, 6.45) is -6.16. The largest absolute Gasteiger partial charge is 0.457 e. The van der Waals surface area contributed by atoms with Crippen molar-refractivity contribution < 1.29 is 30.5 Å². The molecule has 0 spiro atoms. The molecule has 0 atom stereocenters. The molecule has 0 N–H and O–H groups in total. The van der Waals surface area contributed by atoms with Crippen molar-refractivity contribution in [1.29, 1.82) is 0 Å². The van der Waals surface area contributed by atoms with E-state index in [2.05, 4.69) is 47.8 Å². The summed E-state index contributed by atoms with van der Waals surface area (Å²) in [4.78, 5) is 0. The minimum Gasteiger partial charge on any atom is -0.457 e. The van der Waals surface area contributed by atoms with Crippen molar-refractivity contribution in [3.63, 3.8) is 0 Å². The molecule has 0 heterocycles. The number of alkyl halides is 6. The lowest BCUT2D eigenvalue weighted by Crippen LogP contribution is -2.16. The van der Waals surface area contributed by atoms with E-state index in [1.807, 2.05) is 12.1 Å². The fraction of sp³-hybridized carbons (Fsp3) is 0.333. The lowest BCUT2D eigenvalue weighted by atomic mass is 10.1. The van der Waals surface area contributed by atoms with Gasteiger partial charge in [-0.3, -0.25) is 0 Å². The third-order valence-corrected chi connectivity index (χ3v) is 6.43.